The topological polar surface area (TPSA) is 70.2 Å². The molecule has 21 heavy (non-hydrogen) atoms. The van der Waals surface area contributed by atoms with Crippen LogP contribution in [0, 0.1) is 11.3 Å². The molecule has 0 saturated heterocycles. The van der Waals surface area contributed by atoms with Crippen LogP contribution >= 0.6 is 11.6 Å². The Labute approximate surface area is 125 Å². The van der Waals surface area contributed by atoms with E-state index in [0.29, 0.717) is 21.8 Å². The number of nitrogens with zero attached hydrogens (tertiary/aromatic N) is 3. The molecule has 6 heteroatoms. The van der Waals surface area contributed by atoms with E-state index in [1.807, 2.05) is 6.07 Å². The molecule has 0 fully saturated rings. The van der Waals surface area contributed by atoms with Gasteiger partial charge in [0, 0.05) is 24.3 Å². The number of rotatable bonds is 2. The van der Waals surface area contributed by atoms with Gasteiger partial charge < -0.3 is 9.72 Å². The lowest BCUT2D eigenvalue weighted by atomic mass is 10.2. The molecule has 1 aromatic carbocycles. The second-order valence-electron chi connectivity index (χ2n) is 4.37. The van der Waals surface area contributed by atoms with Crippen molar-refractivity contribution in [1.82, 2.24) is 9.38 Å². The smallest absolute Gasteiger partial charge is 0.257 e. The summed E-state index contributed by atoms with van der Waals surface area (Å²) in [6.07, 6.45) is 5.12. The van der Waals surface area contributed by atoms with E-state index < -0.39 is 0 Å². The van der Waals surface area contributed by atoms with Gasteiger partial charge in [0.1, 0.15) is 11.7 Å². The number of benzene rings is 1. The minimum atomic E-state index is -0.267. The predicted octanol–water partition coefficient (Wildman–Crippen LogP) is 3.11. The molecular weight excluding hydrogens is 288 g/mol. The van der Waals surface area contributed by atoms with Gasteiger partial charge in [0.2, 0.25) is 0 Å². The molecule has 2 aromatic heterocycles. The van der Waals surface area contributed by atoms with E-state index in [4.69, 9.17) is 16.9 Å². The number of nitrogens with one attached hydrogen (secondary N) is 1. The summed E-state index contributed by atoms with van der Waals surface area (Å²) in [5, 5.41) is 12.0. The number of imidazole rings is 1. The molecule has 3 rings (SSSR count). The molecule has 1 amide bonds. The van der Waals surface area contributed by atoms with E-state index in [-0.39, 0.29) is 5.91 Å². The Morgan fingerprint density at radius 3 is 3.00 bits per heavy atom. The average molecular weight is 297 g/mol. The molecular formula is C15H9ClN4O. The van der Waals surface area contributed by atoms with Crippen LogP contribution in [0.5, 0.6) is 0 Å². The Bertz CT molecular complexity index is 879. The van der Waals surface area contributed by atoms with Crippen molar-refractivity contribution in [1.29, 1.82) is 5.26 Å². The maximum atomic E-state index is 12.2. The van der Waals surface area contributed by atoms with Crippen LogP contribution in [0.3, 0.4) is 0 Å². The summed E-state index contributed by atoms with van der Waals surface area (Å²) in [6, 6.07) is 10.2. The van der Waals surface area contributed by atoms with Gasteiger partial charge in [0.25, 0.3) is 5.91 Å². The van der Waals surface area contributed by atoms with Crippen LogP contribution in [0.25, 0.3) is 5.65 Å². The zero-order chi connectivity index (χ0) is 14.8. The Hall–Kier alpha value is -2.84. The molecule has 0 aliphatic rings. The van der Waals surface area contributed by atoms with Crippen molar-refractivity contribution in [3.63, 3.8) is 0 Å². The lowest BCUT2D eigenvalue weighted by Gasteiger charge is -2.06. The van der Waals surface area contributed by atoms with Crippen LogP contribution in [0.2, 0.25) is 5.02 Å². The molecule has 0 unspecified atom stereocenters. The fourth-order valence-corrected chi connectivity index (χ4v) is 2.11. The van der Waals surface area contributed by atoms with Crippen LogP contribution in [0.15, 0.2) is 48.9 Å². The van der Waals surface area contributed by atoms with Crippen molar-refractivity contribution in [2.24, 2.45) is 0 Å². The number of carbonyl (C=O) groups excluding carboxylic acids is 1. The Morgan fingerprint density at radius 2 is 2.19 bits per heavy atom. The maximum absolute atomic E-state index is 12.2. The Kier molecular flexibility index (Phi) is 3.30. The van der Waals surface area contributed by atoms with E-state index >= 15 is 0 Å². The lowest BCUT2D eigenvalue weighted by molar-refractivity contribution is 0.102. The number of halogens is 1. The van der Waals surface area contributed by atoms with Crippen molar-refractivity contribution in [2.45, 2.75) is 0 Å². The molecule has 3 aromatic rings. The quantitative estimate of drug-likeness (QED) is 0.790. The van der Waals surface area contributed by atoms with Crippen LogP contribution in [-0.4, -0.2) is 15.3 Å². The molecule has 0 bridgehead atoms. The second-order valence-corrected chi connectivity index (χ2v) is 4.78. The van der Waals surface area contributed by atoms with Gasteiger partial charge in [-0.1, -0.05) is 11.6 Å². The first-order chi connectivity index (χ1) is 10.2. The van der Waals surface area contributed by atoms with Crippen LogP contribution < -0.4 is 5.32 Å². The minimum absolute atomic E-state index is 0.267. The van der Waals surface area contributed by atoms with E-state index in [1.165, 1.54) is 6.07 Å². The lowest BCUT2D eigenvalue weighted by Crippen LogP contribution is -2.12. The van der Waals surface area contributed by atoms with Gasteiger partial charge in [-0.3, -0.25) is 4.79 Å². The van der Waals surface area contributed by atoms with E-state index in [2.05, 4.69) is 10.3 Å². The third-order valence-electron chi connectivity index (χ3n) is 3.00. The summed E-state index contributed by atoms with van der Waals surface area (Å²) in [6.45, 7) is 0. The van der Waals surface area contributed by atoms with Crippen LogP contribution in [-0.2, 0) is 0 Å². The number of nitriles is 1. The number of anilines is 1. The zero-order valence-electron chi connectivity index (χ0n) is 10.7. The molecule has 0 radical (unpaired) electrons. The Morgan fingerprint density at radius 1 is 1.33 bits per heavy atom. The van der Waals surface area contributed by atoms with Crippen molar-refractivity contribution in [3.05, 3.63) is 65.1 Å². The highest BCUT2D eigenvalue weighted by Crippen LogP contribution is 2.20. The summed E-state index contributed by atoms with van der Waals surface area (Å²) in [7, 11) is 0. The standard InChI is InChI=1S/C15H9ClN4O/c16-13-3-2-12(7-11(13)8-17)19-15(21)10-1-4-14-18-5-6-20(14)9-10/h1-7,9H,(H,19,21). The molecule has 0 saturated carbocycles. The fourth-order valence-electron chi connectivity index (χ4n) is 1.95. The average Bonchev–Trinajstić information content (AvgIpc) is 2.96. The van der Waals surface area contributed by atoms with Gasteiger partial charge in [0.05, 0.1) is 16.1 Å². The third kappa shape index (κ3) is 2.57. The predicted molar refractivity (Wildman–Crippen MR) is 79.3 cm³/mol. The van der Waals surface area contributed by atoms with E-state index in [9.17, 15) is 4.79 Å². The van der Waals surface area contributed by atoms with Crippen molar-refractivity contribution < 1.29 is 4.79 Å². The number of hydrogen-bond donors (Lipinski definition) is 1. The molecule has 2 heterocycles. The van der Waals surface area contributed by atoms with Gasteiger partial charge >= 0.3 is 0 Å². The number of carbonyl (C=O) groups is 1. The van der Waals surface area contributed by atoms with Crippen molar-refractivity contribution >= 4 is 28.8 Å². The van der Waals surface area contributed by atoms with E-state index in [0.717, 1.165) is 5.65 Å². The van der Waals surface area contributed by atoms with Gasteiger partial charge in [-0.2, -0.15) is 5.26 Å². The molecule has 0 aliphatic heterocycles. The highest BCUT2D eigenvalue weighted by atomic mass is 35.5. The molecule has 102 valence electrons. The van der Waals surface area contributed by atoms with Gasteiger partial charge in [-0.05, 0) is 30.3 Å². The molecule has 0 spiro atoms. The number of hydrogen-bond acceptors (Lipinski definition) is 3. The normalized spacial score (nSPS) is 10.3. The highest BCUT2D eigenvalue weighted by molar-refractivity contribution is 6.31. The first-order valence-electron chi connectivity index (χ1n) is 6.11. The molecule has 0 aliphatic carbocycles. The maximum Gasteiger partial charge on any atom is 0.257 e. The van der Waals surface area contributed by atoms with Gasteiger partial charge in [0.15, 0.2) is 0 Å². The van der Waals surface area contributed by atoms with Crippen molar-refractivity contribution in [3.8, 4) is 6.07 Å². The molecule has 5 nitrogen and oxygen atoms in total. The minimum Gasteiger partial charge on any atom is -0.322 e. The SMILES string of the molecule is N#Cc1cc(NC(=O)c2ccc3nccn3c2)ccc1Cl. The summed E-state index contributed by atoms with van der Waals surface area (Å²) in [5.41, 5.74) is 2.10. The van der Waals surface area contributed by atoms with Crippen LogP contribution in [0.4, 0.5) is 5.69 Å². The van der Waals surface area contributed by atoms with Gasteiger partial charge in [-0.15, -0.1) is 0 Å². The largest absolute Gasteiger partial charge is 0.322 e. The number of aromatic nitrogens is 2. The number of fused-ring (bicyclic) bond motifs is 1. The fraction of sp³-hybridized carbons (Fsp3) is 0. The number of pyridine rings is 1. The van der Waals surface area contributed by atoms with Gasteiger partial charge in [-0.25, -0.2) is 4.98 Å². The summed E-state index contributed by atoms with van der Waals surface area (Å²) in [5.74, 6) is -0.267. The first-order valence-corrected chi connectivity index (χ1v) is 6.49. The zero-order valence-corrected chi connectivity index (χ0v) is 11.5. The second kappa shape index (κ2) is 5.27. The monoisotopic (exact) mass is 296 g/mol. The first kappa shape index (κ1) is 13.2. The van der Waals surface area contributed by atoms with Crippen molar-refractivity contribution in [2.75, 3.05) is 5.32 Å². The third-order valence-corrected chi connectivity index (χ3v) is 3.33. The van der Waals surface area contributed by atoms with E-state index in [1.54, 1.807) is 47.3 Å². The molecule has 0 atom stereocenters. The summed E-state index contributed by atoms with van der Waals surface area (Å²) in [4.78, 5) is 16.3. The Balaban J connectivity index is 1.87. The van der Waals surface area contributed by atoms with Crippen LogP contribution in [0.1, 0.15) is 15.9 Å². The summed E-state index contributed by atoms with van der Waals surface area (Å²) >= 11 is 5.86. The molecule has 1 N–H and O–H groups in total. The highest BCUT2D eigenvalue weighted by Gasteiger charge is 2.09. The summed E-state index contributed by atoms with van der Waals surface area (Å²) < 4.78 is 1.76. The number of amides is 1.